The van der Waals surface area contributed by atoms with E-state index in [1.54, 1.807) is 6.92 Å². The summed E-state index contributed by atoms with van der Waals surface area (Å²) in [5.41, 5.74) is -0.177. The fourth-order valence-electron chi connectivity index (χ4n) is 5.07. The van der Waals surface area contributed by atoms with Crippen LogP contribution in [0, 0.1) is 17.6 Å². The van der Waals surface area contributed by atoms with Gasteiger partial charge in [0.15, 0.2) is 12.4 Å². The molecule has 2 aromatic carbocycles. The van der Waals surface area contributed by atoms with Crippen molar-refractivity contribution in [3.05, 3.63) is 71.0 Å². The van der Waals surface area contributed by atoms with E-state index in [-0.39, 0.29) is 60.1 Å². The molecule has 276 valence electrons. The molecule has 0 aliphatic rings. The van der Waals surface area contributed by atoms with Gasteiger partial charge in [-0.1, -0.05) is 26.3 Å². The molecule has 1 heterocycles. The molecule has 0 saturated carbocycles. The summed E-state index contributed by atoms with van der Waals surface area (Å²) < 4.78 is 48.2. The number of ether oxygens (including phenoxy) is 3. The molecule has 0 aliphatic heterocycles. The largest absolute Gasteiger partial charge is 0.506 e. The fraction of sp³-hybridized carbons (Fsp3) is 0.400. The number of hydroxylamine groups is 2. The van der Waals surface area contributed by atoms with E-state index in [2.05, 4.69) is 15.4 Å². The number of benzene rings is 2. The van der Waals surface area contributed by atoms with Gasteiger partial charge in [-0.25, -0.2) is 23.4 Å². The monoisotopic (exact) mass is 717 g/mol. The second-order valence-electron chi connectivity index (χ2n) is 11.1. The van der Waals surface area contributed by atoms with Gasteiger partial charge >= 0.3 is 11.9 Å². The van der Waals surface area contributed by atoms with Crippen molar-refractivity contribution < 1.29 is 61.3 Å². The number of hydrogen-bond donors (Lipinski definition) is 3. The Morgan fingerprint density at radius 2 is 1.78 bits per heavy atom. The first-order valence-electron chi connectivity index (χ1n) is 16.1. The van der Waals surface area contributed by atoms with Crippen molar-refractivity contribution in [3.63, 3.8) is 0 Å². The topological polar surface area (TPSA) is 183 Å². The number of carbonyl (C=O) groups is 5. The summed E-state index contributed by atoms with van der Waals surface area (Å²) in [6.45, 7) is 3.07. The molecular weight excluding hydrogens is 676 g/mol. The number of hydrogen-bond acceptors (Lipinski definition) is 11. The molecule has 3 rings (SSSR count). The van der Waals surface area contributed by atoms with Crippen molar-refractivity contribution in [3.8, 4) is 22.8 Å². The van der Waals surface area contributed by atoms with Crippen molar-refractivity contribution in [2.45, 2.75) is 52.0 Å². The molecule has 16 heteroatoms. The van der Waals surface area contributed by atoms with Gasteiger partial charge in [0.1, 0.15) is 34.5 Å². The zero-order valence-electron chi connectivity index (χ0n) is 28.7. The number of carbonyl (C=O) groups excluding carboxylic acids is 5. The zero-order valence-corrected chi connectivity index (χ0v) is 28.7. The molecule has 3 aromatic rings. The quantitative estimate of drug-likeness (QED) is 0.0499. The minimum Gasteiger partial charge on any atom is -0.506 e. The lowest BCUT2D eigenvalue weighted by molar-refractivity contribution is -0.195. The Kier molecular flexibility index (Phi) is 15.4. The molecule has 0 saturated heterocycles. The van der Waals surface area contributed by atoms with E-state index in [0.717, 1.165) is 36.8 Å². The van der Waals surface area contributed by atoms with Crippen LogP contribution in [0.1, 0.15) is 66.0 Å². The van der Waals surface area contributed by atoms with Crippen LogP contribution in [0.4, 0.5) is 8.78 Å². The van der Waals surface area contributed by atoms with Crippen LogP contribution in [-0.4, -0.2) is 80.5 Å². The van der Waals surface area contributed by atoms with Crippen molar-refractivity contribution >= 4 is 30.2 Å². The van der Waals surface area contributed by atoms with Gasteiger partial charge in [0.25, 0.3) is 5.91 Å². The first-order chi connectivity index (χ1) is 24.5. The summed E-state index contributed by atoms with van der Waals surface area (Å²) in [4.78, 5) is 67.9. The normalized spacial score (nSPS) is 12.0. The molecule has 0 radical (unpaired) electrons. The van der Waals surface area contributed by atoms with Crippen LogP contribution in [-0.2, 0) is 35.1 Å². The summed E-state index contributed by atoms with van der Waals surface area (Å²) in [7, 11) is 2.27. The average molecular weight is 718 g/mol. The third-order valence-corrected chi connectivity index (χ3v) is 7.81. The maximum Gasteiger partial charge on any atom is 0.343 e. The van der Waals surface area contributed by atoms with E-state index in [1.165, 1.54) is 31.4 Å². The maximum atomic E-state index is 14.4. The highest BCUT2D eigenvalue weighted by Crippen LogP contribution is 2.37. The molecule has 0 aliphatic carbocycles. The Morgan fingerprint density at radius 1 is 1.02 bits per heavy atom. The molecule has 0 unspecified atom stereocenters. The van der Waals surface area contributed by atoms with Crippen LogP contribution in [0.3, 0.4) is 0 Å². The van der Waals surface area contributed by atoms with E-state index < -0.39 is 59.7 Å². The molecule has 2 atom stereocenters. The smallest absolute Gasteiger partial charge is 0.343 e. The van der Waals surface area contributed by atoms with Gasteiger partial charge < -0.3 is 34.4 Å². The van der Waals surface area contributed by atoms with Crippen LogP contribution in [0.15, 0.2) is 46.9 Å². The second-order valence-corrected chi connectivity index (χ2v) is 11.1. The van der Waals surface area contributed by atoms with Crippen molar-refractivity contribution in [2.24, 2.45) is 5.92 Å². The van der Waals surface area contributed by atoms with Gasteiger partial charge in [-0.15, -0.1) is 0 Å². The Labute approximate surface area is 292 Å². The molecular formula is C35H41F2N3O11. The molecule has 0 fully saturated rings. The summed E-state index contributed by atoms with van der Waals surface area (Å²) in [6.07, 6.45) is 2.36. The van der Waals surface area contributed by atoms with Gasteiger partial charge in [0.2, 0.25) is 12.3 Å². The van der Waals surface area contributed by atoms with Gasteiger partial charge in [-0.05, 0) is 61.6 Å². The third-order valence-electron chi connectivity index (χ3n) is 7.81. The van der Waals surface area contributed by atoms with Crippen LogP contribution in [0.5, 0.6) is 11.5 Å². The lowest BCUT2D eigenvalue weighted by Crippen LogP contribution is -2.48. The zero-order chi connectivity index (χ0) is 37.5. The summed E-state index contributed by atoms with van der Waals surface area (Å²) in [6, 6.07) is 7.47. The average Bonchev–Trinajstić information content (AvgIpc) is 3.62. The summed E-state index contributed by atoms with van der Waals surface area (Å²) >= 11 is 0. The number of phenolic OH excluding ortho intramolecular Hbond substituents is 1. The predicted molar refractivity (Wildman–Crippen MR) is 176 cm³/mol. The third kappa shape index (κ3) is 11.0. The molecule has 14 nitrogen and oxygen atoms in total. The Morgan fingerprint density at radius 3 is 2.43 bits per heavy atom. The number of esters is 2. The molecule has 1 aromatic heterocycles. The van der Waals surface area contributed by atoms with Crippen LogP contribution in [0.25, 0.3) is 11.3 Å². The molecule has 51 heavy (non-hydrogen) atoms. The Bertz CT molecular complexity index is 1680. The van der Waals surface area contributed by atoms with Crippen molar-refractivity contribution in [2.75, 3.05) is 34.1 Å². The van der Waals surface area contributed by atoms with Crippen LogP contribution >= 0.6 is 0 Å². The Balaban J connectivity index is 1.76. The highest BCUT2D eigenvalue weighted by molar-refractivity contribution is 5.96. The number of amides is 3. The van der Waals surface area contributed by atoms with Crippen molar-refractivity contribution in [1.29, 1.82) is 0 Å². The number of methoxy groups -OCH3 is 2. The summed E-state index contributed by atoms with van der Waals surface area (Å²) in [5, 5.41) is 17.0. The SMILES string of the molecule is CCCCON(C=O)[C@H](CC)[C@@H](CCc1ccc(F)cc1F)C(=O)NCNC(=O)c1ccc(-c2cc(OCC(=O)OC)cc(C(=O)OC)c2O)o1. The molecule has 3 N–H and O–H groups in total. The number of nitrogens with one attached hydrogen (secondary N) is 2. The van der Waals surface area contributed by atoms with Gasteiger partial charge in [-0.2, -0.15) is 0 Å². The summed E-state index contributed by atoms with van der Waals surface area (Å²) in [5.74, 6) is -6.20. The Hall–Kier alpha value is -5.51. The lowest BCUT2D eigenvalue weighted by Gasteiger charge is -2.32. The molecule has 3 amide bonds. The maximum absolute atomic E-state index is 14.4. The van der Waals surface area contributed by atoms with Crippen LogP contribution < -0.4 is 15.4 Å². The van der Waals surface area contributed by atoms with Crippen molar-refractivity contribution in [1.82, 2.24) is 15.7 Å². The predicted octanol–water partition coefficient (Wildman–Crippen LogP) is 4.29. The van der Waals surface area contributed by atoms with E-state index in [0.29, 0.717) is 19.3 Å². The highest BCUT2D eigenvalue weighted by atomic mass is 19.1. The first-order valence-corrected chi connectivity index (χ1v) is 16.1. The van der Waals surface area contributed by atoms with E-state index in [4.69, 9.17) is 18.7 Å². The fourth-order valence-corrected chi connectivity index (χ4v) is 5.07. The van der Waals surface area contributed by atoms with E-state index in [1.807, 2.05) is 6.92 Å². The van der Waals surface area contributed by atoms with E-state index in [9.17, 15) is 37.9 Å². The number of nitrogens with zero attached hydrogens (tertiary/aromatic N) is 1. The minimum absolute atomic E-state index is 0.00951. The number of aromatic hydroxyl groups is 1. The first kappa shape index (κ1) is 39.9. The second kappa shape index (κ2) is 19.6. The lowest BCUT2D eigenvalue weighted by atomic mass is 9.89. The van der Waals surface area contributed by atoms with Gasteiger partial charge in [0.05, 0.1) is 45.0 Å². The number of rotatable bonds is 20. The van der Waals surface area contributed by atoms with Gasteiger partial charge in [-0.3, -0.25) is 19.2 Å². The molecule has 0 spiro atoms. The minimum atomic E-state index is -0.918. The highest BCUT2D eigenvalue weighted by Gasteiger charge is 2.32. The number of phenols is 1. The number of unbranched alkanes of at least 4 members (excludes halogenated alkanes) is 1. The number of aryl methyl sites for hydroxylation is 1. The van der Waals surface area contributed by atoms with E-state index >= 15 is 0 Å². The number of halogens is 2. The van der Waals surface area contributed by atoms with Crippen LogP contribution in [0.2, 0.25) is 0 Å². The van der Waals surface area contributed by atoms with Gasteiger partial charge in [0, 0.05) is 6.07 Å². The number of furan rings is 1. The standard InChI is InChI=1S/C35H41F2N3O11/c1-5-7-14-50-40(20-41)28(6-2)24(11-9-21-8-10-22(36)15-27(21)37)33(44)38-19-39-34(45)30-13-12-29(51-30)25-16-23(49-18-31(42)47-3)17-26(32(25)43)35(46)48-4/h8,10,12-13,15-17,20,24,28,43H,5-7,9,11,14,18-19H2,1-4H3,(H,38,44)(H,39,45)/t24-,28-/m1/s1. The molecule has 0 bridgehead atoms.